The number of hydrogen-bond donors (Lipinski definition) is 1. The maximum absolute atomic E-state index is 13.7. The second-order valence-electron chi connectivity index (χ2n) is 5.16. The molecule has 3 rings (SSSR count). The van der Waals surface area contributed by atoms with Crippen LogP contribution in [-0.2, 0) is 19.4 Å². The fraction of sp³-hybridized carbons (Fsp3) is 0.294. The average molecular weight is 271 g/mol. The molecule has 2 N–H and O–H groups in total. The monoisotopic (exact) mass is 271 g/mol. The van der Waals surface area contributed by atoms with Crippen LogP contribution in [0.2, 0.25) is 0 Å². The van der Waals surface area contributed by atoms with E-state index in [2.05, 4.69) is 12.1 Å². The van der Waals surface area contributed by atoms with Crippen molar-refractivity contribution in [2.75, 3.05) is 0 Å². The maximum Gasteiger partial charge on any atom is 0.134 e. The molecular weight excluding hydrogens is 253 g/mol. The third kappa shape index (κ3) is 2.54. The van der Waals surface area contributed by atoms with Crippen LogP contribution >= 0.6 is 0 Å². The zero-order valence-corrected chi connectivity index (χ0v) is 11.4. The van der Waals surface area contributed by atoms with Crippen molar-refractivity contribution in [1.82, 2.24) is 0 Å². The van der Waals surface area contributed by atoms with Gasteiger partial charge in [-0.3, -0.25) is 0 Å². The Labute approximate surface area is 118 Å². The third-order valence-corrected chi connectivity index (χ3v) is 3.83. The molecule has 3 heteroatoms. The number of fused-ring (bicyclic) bond motifs is 1. The Morgan fingerprint density at radius 2 is 1.85 bits per heavy atom. The van der Waals surface area contributed by atoms with Crippen molar-refractivity contribution in [2.24, 2.45) is 5.73 Å². The van der Waals surface area contributed by atoms with E-state index in [0.717, 1.165) is 18.6 Å². The topological polar surface area (TPSA) is 35.2 Å². The molecule has 104 valence electrons. The number of halogens is 1. The molecule has 0 aliphatic heterocycles. The highest BCUT2D eigenvalue weighted by atomic mass is 19.1. The molecule has 0 bridgehead atoms. The van der Waals surface area contributed by atoms with Crippen LogP contribution in [0, 0.1) is 5.82 Å². The lowest BCUT2D eigenvalue weighted by molar-refractivity contribution is 0.466. The molecule has 0 amide bonds. The van der Waals surface area contributed by atoms with Crippen LogP contribution in [0.3, 0.4) is 0 Å². The van der Waals surface area contributed by atoms with E-state index in [0.29, 0.717) is 11.3 Å². The number of hydrogen-bond acceptors (Lipinski definition) is 2. The summed E-state index contributed by atoms with van der Waals surface area (Å²) in [4.78, 5) is 0. The normalized spacial score (nSPS) is 13.9. The summed E-state index contributed by atoms with van der Waals surface area (Å²) >= 11 is 0. The number of aryl methyl sites for hydroxylation is 2. The van der Waals surface area contributed by atoms with E-state index in [9.17, 15) is 4.39 Å². The van der Waals surface area contributed by atoms with Gasteiger partial charge in [0.25, 0.3) is 0 Å². The summed E-state index contributed by atoms with van der Waals surface area (Å²) in [7, 11) is 0. The van der Waals surface area contributed by atoms with Crippen molar-refractivity contribution in [1.29, 1.82) is 0 Å². The first-order valence-electron chi connectivity index (χ1n) is 7.05. The first-order valence-corrected chi connectivity index (χ1v) is 7.05. The average Bonchev–Trinajstić information content (AvgIpc) is 2.47. The second-order valence-corrected chi connectivity index (χ2v) is 5.16. The number of ether oxygens (including phenoxy) is 1. The van der Waals surface area contributed by atoms with E-state index in [1.165, 1.54) is 30.0 Å². The molecule has 2 nitrogen and oxygen atoms in total. The summed E-state index contributed by atoms with van der Waals surface area (Å²) in [6, 6.07) is 10.9. The Morgan fingerprint density at radius 3 is 2.65 bits per heavy atom. The van der Waals surface area contributed by atoms with E-state index in [4.69, 9.17) is 10.5 Å². The lowest BCUT2D eigenvalue weighted by atomic mass is 9.92. The SMILES string of the molecule is NCc1c(F)cccc1Oc1ccc2c(c1)CCCC2. The van der Waals surface area contributed by atoms with Crippen molar-refractivity contribution in [3.8, 4) is 11.5 Å². The number of rotatable bonds is 3. The summed E-state index contributed by atoms with van der Waals surface area (Å²) in [5, 5.41) is 0. The van der Waals surface area contributed by atoms with Crippen LogP contribution < -0.4 is 10.5 Å². The van der Waals surface area contributed by atoms with E-state index in [-0.39, 0.29) is 12.4 Å². The van der Waals surface area contributed by atoms with Gasteiger partial charge in [0.1, 0.15) is 17.3 Å². The van der Waals surface area contributed by atoms with Crippen molar-refractivity contribution in [3.63, 3.8) is 0 Å². The Bertz CT molecular complexity index is 624. The fourth-order valence-corrected chi connectivity index (χ4v) is 2.73. The Hall–Kier alpha value is -1.87. The minimum Gasteiger partial charge on any atom is -0.457 e. The van der Waals surface area contributed by atoms with Crippen LogP contribution in [0.5, 0.6) is 11.5 Å². The van der Waals surface area contributed by atoms with Crippen LogP contribution in [0.25, 0.3) is 0 Å². The van der Waals surface area contributed by atoms with Gasteiger partial charge in [-0.2, -0.15) is 0 Å². The van der Waals surface area contributed by atoms with Crippen LogP contribution in [0.1, 0.15) is 29.5 Å². The molecular formula is C17H18FNO. The van der Waals surface area contributed by atoms with E-state index < -0.39 is 0 Å². The molecule has 0 heterocycles. The molecule has 20 heavy (non-hydrogen) atoms. The van der Waals surface area contributed by atoms with E-state index in [1.807, 2.05) is 6.07 Å². The Kier molecular flexibility index (Phi) is 3.70. The molecule has 0 aromatic heterocycles. The predicted molar refractivity (Wildman–Crippen MR) is 77.4 cm³/mol. The first kappa shape index (κ1) is 13.1. The van der Waals surface area contributed by atoms with Crippen LogP contribution in [-0.4, -0.2) is 0 Å². The van der Waals surface area contributed by atoms with Gasteiger partial charge < -0.3 is 10.5 Å². The Morgan fingerprint density at radius 1 is 1.05 bits per heavy atom. The van der Waals surface area contributed by atoms with Gasteiger partial charge in [0.05, 0.1) is 0 Å². The highest BCUT2D eigenvalue weighted by molar-refractivity contribution is 5.42. The van der Waals surface area contributed by atoms with Gasteiger partial charge in [-0.1, -0.05) is 12.1 Å². The van der Waals surface area contributed by atoms with Gasteiger partial charge in [0.15, 0.2) is 0 Å². The van der Waals surface area contributed by atoms with E-state index in [1.54, 1.807) is 12.1 Å². The molecule has 0 radical (unpaired) electrons. The molecule has 0 unspecified atom stereocenters. The lowest BCUT2D eigenvalue weighted by Crippen LogP contribution is -2.04. The van der Waals surface area contributed by atoms with Crippen molar-refractivity contribution in [2.45, 2.75) is 32.2 Å². The summed E-state index contributed by atoms with van der Waals surface area (Å²) in [6.07, 6.45) is 4.72. The van der Waals surface area contributed by atoms with Gasteiger partial charge in [-0.25, -0.2) is 4.39 Å². The van der Waals surface area contributed by atoms with Gasteiger partial charge in [-0.05, 0) is 61.1 Å². The van der Waals surface area contributed by atoms with Crippen molar-refractivity contribution >= 4 is 0 Å². The highest BCUT2D eigenvalue weighted by Gasteiger charge is 2.12. The summed E-state index contributed by atoms with van der Waals surface area (Å²) in [5.41, 5.74) is 8.77. The zero-order chi connectivity index (χ0) is 13.9. The molecule has 0 atom stereocenters. The maximum atomic E-state index is 13.7. The highest BCUT2D eigenvalue weighted by Crippen LogP contribution is 2.30. The molecule has 0 spiro atoms. The third-order valence-electron chi connectivity index (χ3n) is 3.83. The van der Waals surface area contributed by atoms with Gasteiger partial charge in [0.2, 0.25) is 0 Å². The minimum atomic E-state index is -0.317. The smallest absolute Gasteiger partial charge is 0.134 e. The van der Waals surface area contributed by atoms with Gasteiger partial charge in [0, 0.05) is 12.1 Å². The van der Waals surface area contributed by atoms with Crippen LogP contribution in [0.15, 0.2) is 36.4 Å². The second kappa shape index (κ2) is 5.63. The van der Waals surface area contributed by atoms with Gasteiger partial charge >= 0.3 is 0 Å². The lowest BCUT2D eigenvalue weighted by Gasteiger charge is -2.17. The van der Waals surface area contributed by atoms with Crippen LogP contribution in [0.4, 0.5) is 4.39 Å². The molecule has 2 aromatic carbocycles. The minimum absolute atomic E-state index is 0.132. The fourth-order valence-electron chi connectivity index (χ4n) is 2.73. The summed E-state index contributed by atoms with van der Waals surface area (Å²) < 4.78 is 19.5. The predicted octanol–water partition coefficient (Wildman–Crippen LogP) is 3.96. The zero-order valence-electron chi connectivity index (χ0n) is 11.4. The number of nitrogens with two attached hydrogens (primary N) is 1. The molecule has 1 aliphatic rings. The molecule has 2 aromatic rings. The van der Waals surface area contributed by atoms with E-state index >= 15 is 0 Å². The molecule has 0 saturated carbocycles. The molecule has 0 saturated heterocycles. The quantitative estimate of drug-likeness (QED) is 0.917. The number of benzene rings is 2. The Balaban J connectivity index is 1.90. The standard InChI is InChI=1S/C17H18FNO/c18-16-6-3-7-17(15(16)11-19)20-14-9-8-12-4-1-2-5-13(12)10-14/h3,6-10H,1-2,4-5,11,19H2. The van der Waals surface area contributed by atoms with Gasteiger partial charge in [-0.15, -0.1) is 0 Å². The van der Waals surface area contributed by atoms with Crippen molar-refractivity contribution < 1.29 is 9.13 Å². The largest absolute Gasteiger partial charge is 0.457 e. The summed E-state index contributed by atoms with van der Waals surface area (Å²) in [6.45, 7) is 0.132. The summed E-state index contributed by atoms with van der Waals surface area (Å²) in [5.74, 6) is 0.942. The molecule has 0 fully saturated rings. The van der Waals surface area contributed by atoms with Crippen molar-refractivity contribution in [3.05, 3.63) is 58.9 Å². The first-order chi connectivity index (χ1) is 9.78. The molecule has 1 aliphatic carbocycles.